The zero-order valence-electron chi connectivity index (χ0n) is 9.90. The van der Waals surface area contributed by atoms with Gasteiger partial charge in [-0.15, -0.1) is 11.6 Å². The Hall–Kier alpha value is 0.210. The largest absolute Gasteiger partial charge is 0.380 e. The van der Waals surface area contributed by atoms with Crippen molar-refractivity contribution in [2.75, 3.05) is 19.8 Å². The van der Waals surface area contributed by atoms with Crippen molar-refractivity contribution in [2.45, 2.75) is 51.5 Å². The van der Waals surface area contributed by atoms with Crippen LogP contribution in [-0.4, -0.2) is 30.7 Å². The van der Waals surface area contributed by atoms with Gasteiger partial charge >= 0.3 is 0 Å². The molecule has 3 heteroatoms. The van der Waals surface area contributed by atoms with Crippen LogP contribution in [0.3, 0.4) is 0 Å². The smallest absolute Gasteiger partial charge is 0.0591 e. The maximum absolute atomic E-state index is 6.03. The summed E-state index contributed by atoms with van der Waals surface area (Å²) in [5, 5.41) is 3.50. The fraction of sp³-hybridized carbons (Fsp3) is 1.00. The lowest BCUT2D eigenvalue weighted by Crippen LogP contribution is -2.47. The molecule has 2 nitrogen and oxygen atoms in total. The monoisotopic (exact) mass is 221 g/mol. The summed E-state index contributed by atoms with van der Waals surface area (Å²) in [6, 6.07) is 0. The van der Waals surface area contributed by atoms with Gasteiger partial charge in [0.05, 0.1) is 6.61 Å². The zero-order chi connectivity index (χ0) is 11.0. The predicted molar refractivity (Wildman–Crippen MR) is 63.1 cm³/mol. The lowest BCUT2D eigenvalue weighted by atomic mass is 10.0. The van der Waals surface area contributed by atoms with E-state index in [0.29, 0.717) is 0 Å². The number of unbranched alkanes of at least 4 members (excludes halogenated alkanes) is 1. The van der Waals surface area contributed by atoms with Gasteiger partial charge in [0.2, 0.25) is 0 Å². The van der Waals surface area contributed by atoms with Crippen LogP contribution < -0.4 is 5.32 Å². The number of halogens is 1. The summed E-state index contributed by atoms with van der Waals surface area (Å²) < 4.78 is 5.44. The van der Waals surface area contributed by atoms with Crippen molar-refractivity contribution < 1.29 is 4.74 Å². The van der Waals surface area contributed by atoms with Crippen molar-refractivity contribution in [2.24, 2.45) is 0 Å². The molecule has 0 saturated heterocycles. The molecule has 0 heterocycles. The molecule has 0 aromatic carbocycles. The van der Waals surface area contributed by atoms with E-state index in [4.69, 9.17) is 16.3 Å². The number of hydrogen-bond donors (Lipinski definition) is 1. The first-order chi connectivity index (χ1) is 6.50. The van der Waals surface area contributed by atoms with E-state index in [9.17, 15) is 0 Å². The molecule has 1 unspecified atom stereocenters. The van der Waals surface area contributed by atoms with Crippen LogP contribution >= 0.6 is 11.6 Å². The third-order valence-corrected chi connectivity index (χ3v) is 3.01. The molecule has 0 fully saturated rings. The molecular weight excluding hydrogens is 198 g/mol. The molecule has 0 radical (unpaired) electrons. The number of ether oxygens (including phenoxy) is 1. The lowest BCUT2D eigenvalue weighted by molar-refractivity contribution is 0.127. The van der Waals surface area contributed by atoms with Crippen molar-refractivity contribution in [1.82, 2.24) is 5.32 Å². The quantitative estimate of drug-likeness (QED) is 0.503. The fourth-order valence-electron chi connectivity index (χ4n) is 0.934. The second-order valence-corrected chi connectivity index (χ2v) is 4.89. The van der Waals surface area contributed by atoms with E-state index >= 15 is 0 Å². The van der Waals surface area contributed by atoms with Crippen molar-refractivity contribution >= 4 is 11.6 Å². The summed E-state index contributed by atoms with van der Waals surface area (Å²) in [6.07, 6.45) is 2.34. The van der Waals surface area contributed by atoms with E-state index in [1.165, 1.54) is 6.42 Å². The van der Waals surface area contributed by atoms with Crippen LogP contribution in [-0.2, 0) is 4.74 Å². The third-order valence-electron chi connectivity index (χ3n) is 2.46. The molecule has 0 aliphatic carbocycles. The van der Waals surface area contributed by atoms with Gasteiger partial charge in [0.25, 0.3) is 0 Å². The van der Waals surface area contributed by atoms with Crippen LogP contribution in [0.15, 0.2) is 0 Å². The average Bonchev–Trinajstić information content (AvgIpc) is 2.10. The minimum atomic E-state index is -0.0182. The zero-order valence-corrected chi connectivity index (χ0v) is 10.7. The second kappa shape index (κ2) is 7.49. The number of rotatable bonds is 8. The van der Waals surface area contributed by atoms with Gasteiger partial charge in [-0.2, -0.15) is 0 Å². The van der Waals surface area contributed by atoms with Gasteiger partial charge in [-0.3, -0.25) is 0 Å². The Bertz CT molecular complexity index is 137. The highest BCUT2D eigenvalue weighted by atomic mass is 35.5. The normalized spacial score (nSPS) is 14.4. The highest BCUT2D eigenvalue weighted by Crippen LogP contribution is 2.13. The maximum Gasteiger partial charge on any atom is 0.0591 e. The predicted octanol–water partition coefficient (Wildman–Crippen LogP) is 2.80. The van der Waals surface area contributed by atoms with E-state index < -0.39 is 0 Å². The number of nitrogens with one attached hydrogen (secondary N) is 1. The Morgan fingerprint density at radius 3 is 2.50 bits per heavy atom. The molecule has 0 aliphatic heterocycles. The van der Waals surface area contributed by atoms with Crippen LogP contribution in [0, 0.1) is 0 Å². The molecule has 1 atom stereocenters. The molecule has 0 aliphatic rings. The first kappa shape index (κ1) is 14.2. The van der Waals surface area contributed by atoms with Gasteiger partial charge < -0.3 is 10.1 Å². The summed E-state index contributed by atoms with van der Waals surface area (Å²) in [4.78, 5) is 0. The van der Waals surface area contributed by atoms with Crippen LogP contribution in [0.5, 0.6) is 0 Å². The first-order valence-corrected chi connectivity index (χ1v) is 5.91. The van der Waals surface area contributed by atoms with Crippen molar-refractivity contribution in [3.63, 3.8) is 0 Å². The van der Waals surface area contributed by atoms with Gasteiger partial charge in [-0.1, -0.05) is 13.3 Å². The molecule has 0 spiro atoms. The van der Waals surface area contributed by atoms with Gasteiger partial charge in [0.1, 0.15) is 0 Å². The molecule has 0 aromatic heterocycles. The molecule has 0 amide bonds. The molecule has 14 heavy (non-hydrogen) atoms. The van der Waals surface area contributed by atoms with Crippen molar-refractivity contribution in [1.29, 1.82) is 0 Å². The SMILES string of the molecule is CCCCOCCNC(C)(C)C(C)Cl. The minimum absolute atomic E-state index is 0.0182. The molecule has 0 aromatic rings. The van der Waals surface area contributed by atoms with Crippen LogP contribution in [0.1, 0.15) is 40.5 Å². The van der Waals surface area contributed by atoms with Crippen LogP contribution in [0.4, 0.5) is 0 Å². The summed E-state index contributed by atoms with van der Waals surface area (Å²) >= 11 is 6.03. The standard InChI is InChI=1S/C11H24ClNO/c1-5-6-8-14-9-7-13-11(3,4)10(2)12/h10,13H,5-9H2,1-4H3. The second-order valence-electron chi connectivity index (χ2n) is 4.23. The molecular formula is C11H24ClNO. The maximum atomic E-state index is 6.03. The highest BCUT2D eigenvalue weighted by molar-refractivity contribution is 6.21. The van der Waals surface area contributed by atoms with Crippen molar-refractivity contribution in [3.8, 4) is 0 Å². The molecule has 0 saturated carbocycles. The topological polar surface area (TPSA) is 21.3 Å². The number of alkyl halides is 1. The molecule has 0 bridgehead atoms. The average molecular weight is 222 g/mol. The van der Waals surface area contributed by atoms with E-state index in [1.807, 2.05) is 6.92 Å². The Kier molecular flexibility index (Phi) is 7.61. The highest BCUT2D eigenvalue weighted by Gasteiger charge is 2.22. The van der Waals surface area contributed by atoms with Gasteiger partial charge in [-0.05, 0) is 27.2 Å². The summed E-state index contributed by atoms with van der Waals surface area (Å²) in [5.74, 6) is 0. The summed E-state index contributed by atoms with van der Waals surface area (Å²) in [7, 11) is 0. The summed E-state index contributed by atoms with van der Waals surface area (Å²) in [5.41, 5.74) is -0.0182. The van der Waals surface area contributed by atoms with Gasteiger partial charge in [0.15, 0.2) is 0 Å². The molecule has 86 valence electrons. The van der Waals surface area contributed by atoms with Gasteiger partial charge in [0, 0.05) is 24.1 Å². The Labute approximate surface area is 93.4 Å². The molecule has 0 rings (SSSR count). The fourth-order valence-corrected chi connectivity index (χ4v) is 1.01. The van der Waals surface area contributed by atoms with E-state index in [0.717, 1.165) is 26.2 Å². The number of hydrogen-bond acceptors (Lipinski definition) is 2. The first-order valence-electron chi connectivity index (χ1n) is 5.47. The van der Waals surface area contributed by atoms with Crippen molar-refractivity contribution in [3.05, 3.63) is 0 Å². The van der Waals surface area contributed by atoms with E-state index in [2.05, 4.69) is 26.1 Å². The lowest BCUT2D eigenvalue weighted by Gasteiger charge is -2.29. The van der Waals surface area contributed by atoms with Crippen LogP contribution in [0.2, 0.25) is 0 Å². The molecule has 1 N–H and O–H groups in total. The van der Waals surface area contributed by atoms with E-state index in [-0.39, 0.29) is 10.9 Å². The van der Waals surface area contributed by atoms with E-state index in [1.54, 1.807) is 0 Å². The Balaban J connectivity index is 3.35. The third kappa shape index (κ3) is 6.63. The van der Waals surface area contributed by atoms with Crippen LogP contribution in [0.25, 0.3) is 0 Å². The minimum Gasteiger partial charge on any atom is -0.380 e. The Morgan fingerprint density at radius 1 is 1.36 bits per heavy atom. The van der Waals surface area contributed by atoms with Gasteiger partial charge in [-0.25, -0.2) is 0 Å². The Morgan fingerprint density at radius 2 is 2.00 bits per heavy atom. The summed E-state index contributed by atoms with van der Waals surface area (Å²) in [6.45, 7) is 10.9.